The van der Waals surface area contributed by atoms with Gasteiger partial charge in [0, 0.05) is 24.2 Å². The molecule has 0 aliphatic heterocycles. The maximum atomic E-state index is 12.0. The Morgan fingerprint density at radius 2 is 2.15 bits per heavy atom. The predicted molar refractivity (Wildman–Crippen MR) is 80.2 cm³/mol. The maximum Gasteiger partial charge on any atom is 0.252 e. The molecule has 1 heterocycles. The quantitative estimate of drug-likeness (QED) is 0.822. The molecule has 4 heteroatoms. The van der Waals surface area contributed by atoms with Gasteiger partial charge in [-0.1, -0.05) is 19.8 Å². The Morgan fingerprint density at radius 1 is 1.30 bits per heavy atom. The standard InChI is InChI=1S/C16H20N2O2/c1-3-4-5-8-17-16(19)13-9-12-6-7-14(20-2)10-15(12)18-11-13/h6-7,9-11H,3-5,8H2,1-2H3,(H,17,19). The zero-order valence-electron chi connectivity index (χ0n) is 12.0. The van der Waals surface area contributed by atoms with Gasteiger partial charge in [0.1, 0.15) is 5.75 Å². The Morgan fingerprint density at radius 3 is 2.90 bits per heavy atom. The van der Waals surface area contributed by atoms with Crippen molar-refractivity contribution in [2.75, 3.05) is 13.7 Å². The summed E-state index contributed by atoms with van der Waals surface area (Å²) < 4.78 is 5.16. The number of nitrogens with one attached hydrogen (secondary N) is 1. The van der Waals surface area contributed by atoms with Crippen LogP contribution in [0.1, 0.15) is 36.5 Å². The first-order chi connectivity index (χ1) is 9.74. The summed E-state index contributed by atoms with van der Waals surface area (Å²) >= 11 is 0. The smallest absolute Gasteiger partial charge is 0.252 e. The molecular formula is C16H20N2O2. The van der Waals surface area contributed by atoms with Crippen LogP contribution in [0.3, 0.4) is 0 Å². The number of nitrogens with zero attached hydrogens (tertiary/aromatic N) is 1. The average molecular weight is 272 g/mol. The first-order valence-corrected chi connectivity index (χ1v) is 6.96. The Hall–Kier alpha value is -2.10. The van der Waals surface area contributed by atoms with Crippen molar-refractivity contribution >= 4 is 16.8 Å². The highest BCUT2D eigenvalue weighted by Crippen LogP contribution is 2.19. The topological polar surface area (TPSA) is 51.2 Å². The molecule has 1 aromatic heterocycles. The van der Waals surface area contributed by atoms with Crippen LogP contribution >= 0.6 is 0 Å². The van der Waals surface area contributed by atoms with E-state index in [-0.39, 0.29) is 5.91 Å². The molecule has 0 aliphatic carbocycles. The van der Waals surface area contributed by atoms with E-state index < -0.39 is 0 Å². The molecule has 0 saturated heterocycles. The molecule has 0 saturated carbocycles. The minimum atomic E-state index is -0.0636. The fraction of sp³-hybridized carbons (Fsp3) is 0.375. The number of carbonyl (C=O) groups is 1. The van der Waals surface area contributed by atoms with Gasteiger partial charge in [-0.3, -0.25) is 9.78 Å². The molecule has 2 rings (SSSR count). The summed E-state index contributed by atoms with van der Waals surface area (Å²) in [6, 6.07) is 7.50. The Kier molecular flexibility index (Phi) is 4.93. The molecule has 0 unspecified atom stereocenters. The van der Waals surface area contributed by atoms with Gasteiger partial charge in [-0.15, -0.1) is 0 Å². The maximum absolute atomic E-state index is 12.0. The molecule has 1 aromatic carbocycles. The number of fused-ring (bicyclic) bond motifs is 1. The zero-order chi connectivity index (χ0) is 14.4. The molecule has 0 aliphatic rings. The SMILES string of the molecule is CCCCCNC(=O)c1cnc2cc(OC)ccc2c1. The average Bonchev–Trinajstić information content (AvgIpc) is 2.50. The summed E-state index contributed by atoms with van der Waals surface area (Å²) in [5, 5.41) is 3.85. The molecule has 0 atom stereocenters. The third-order valence-electron chi connectivity index (χ3n) is 3.22. The molecule has 106 valence electrons. The van der Waals surface area contributed by atoms with Crippen LogP contribution in [0.15, 0.2) is 30.5 Å². The van der Waals surface area contributed by atoms with E-state index in [4.69, 9.17) is 4.74 Å². The van der Waals surface area contributed by atoms with Crippen molar-refractivity contribution in [1.82, 2.24) is 10.3 Å². The molecule has 20 heavy (non-hydrogen) atoms. The van der Waals surface area contributed by atoms with Gasteiger partial charge in [0.2, 0.25) is 0 Å². The number of amides is 1. The molecule has 0 radical (unpaired) electrons. The second kappa shape index (κ2) is 6.89. The first-order valence-electron chi connectivity index (χ1n) is 6.96. The second-order valence-corrected chi connectivity index (χ2v) is 4.75. The van der Waals surface area contributed by atoms with Crippen LogP contribution in [0, 0.1) is 0 Å². The van der Waals surface area contributed by atoms with Gasteiger partial charge >= 0.3 is 0 Å². The van der Waals surface area contributed by atoms with Crippen LogP contribution in [-0.4, -0.2) is 24.5 Å². The van der Waals surface area contributed by atoms with E-state index in [2.05, 4.69) is 17.2 Å². The summed E-state index contributed by atoms with van der Waals surface area (Å²) in [4.78, 5) is 16.3. The Labute approximate surface area is 119 Å². The van der Waals surface area contributed by atoms with Gasteiger partial charge in [-0.25, -0.2) is 0 Å². The summed E-state index contributed by atoms with van der Waals surface area (Å²) in [6.07, 6.45) is 4.91. The van der Waals surface area contributed by atoms with E-state index in [9.17, 15) is 4.79 Å². The van der Waals surface area contributed by atoms with E-state index in [1.165, 1.54) is 0 Å². The highest BCUT2D eigenvalue weighted by Gasteiger charge is 2.07. The summed E-state index contributed by atoms with van der Waals surface area (Å²) in [5.41, 5.74) is 1.42. The number of methoxy groups -OCH3 is 1. The van der Waals surface area contributed by atoms with Crippen LogP contribution in [0.5, 0.6) is 5.75 Å². The number of benzene rings is 1. The Bertz CT molecular complexity index is 596. The van der Waals surface area contributed by atoms with E-state index >= 15 is 0 Å². The number of ether oxygens (including phenoxy) is 1. The molecule has 2 aromatic rings. The van der Waals surface area contributed by atoms with Gasteiger partial charge in [0.15, 0.2) is 0 Å². The van der Waals surface area contributed by atoms with Crippen molar-refractivity contribution in [2.24, 2.45) is 0 Å². The van der Waals surface area contributed by atoms with Crippen LogP contribution in [0.25, 0.3) is 10.9 Å². The van der Waals surface area contributed by atoms with Crippen LogP contribution in [0.4, 0.5) is 0 Å². The van der Waals surface area contributed by atoms with Gasteiger partial charge in [-0.2, -0.15) is 0 Å². The normalized spacial score (nSPS) is 10.5. The number of rotatable bonds is 6. The van der Waals surface area contributed by atoms with Gasteiger partial charge < -0.3 is 10.1 Å². The number of carbonyl (C=O) groups excluding carboxylic acids is 1. The fourth-order valence-electron chi connectivity index (χ4n) is 2.03. The highest BCUT2D eigenvalue weighted by molar-refractivity contribution is 5.97. The van der Waals surface area contributed by atoms with E-state index in [1.54, 1.807) is 13.3 Å². The number of unbranched alkanes of at least 4 members (excludes halogenated alkanes) is 2. The minimum absolute atomic E-state index is 0.0636. The predicted octanol–water partition coefficient (Wildman–Crippen LogP) is 3.16. The number of hydrogen-bond acceptors (Lipinski definition) is 3. The van der Waals surface area contributed by atoms with Crippen LogP contribution in [0.2, 0.25) is 0 Å². The zero-order valence-corrected chi connectivity index (χ0v) is 12.0. The van der Waals surface area contributed by atoms with Crippen molar-refractivity contribution in [3.63, 3.8) is 0 Å². The molecule has 4 nitrogen and oxygen atoms in total. The lowest BCUT2D eigenvalue weighted by molar-refractivity contribution is 0.0953. The lowest BCUT2D eigenvalue weighted by Crippen LogP contribution is -2.24. The van der Waals surface area contributed by atoms with Crippen molar-refractivity contribution in [1.29, 1.82) is 0 Å². The van der Waals surface area contributed by atoms with Gasteiger partial charge in [0.05, 0.1) is 18.2 Å². The number of hydrogen-bond donors (Lipinski definition) is 1. The van der Waals surface area contributed by atoms with E-state index in [0.717, 1.165) is 35.9 Å². The largest absolute Gasteiger partial charge is 0.497 e. The molecule has 0 fully saturated rings. The van der Waals surface area contributed by atoms with Crippen molar-refractivity contribution in [3.05, 3.63) is 36.0 Å². The monoisotopic (exact) mass is 272 g/mol. The lowest BCUT2D eigenvalue weighted by Gasteiger charge is -2.06. The van der Waals surface area contributed by atoms with Crippen LogP contribution < -0.4 is 10.1 Å². The van der Waals surface area contributed by atoms with E-state index in [0.29, 0.717) is 12.1 Å². The number of pyridine rings is 1. The van der Waals surface area contributed by atoms with Gasteiger partial charge in [0.25, 0.3) is 5.91 Å². The molecule has 0 spiro atoms. The van der Waals surface area contributed by atoms with E-state index in [1.807, 2.05) is 24.3 Å². The lowest BCUT2D eigenvalue weighted by atomic mass is 10.1. The van der Waals surface area contributed by atoms with Gasteiger partial charge in [-0.05, 0) is 24.6 Å². The summed E-state index contributed by atoms with van der Waals surface area (Å²) in [5.74, 6) is 0.702. The summed E-state index contributed by atoms with van der Waals surface area (Å²) in [6.45, 7) is 2.86. The third kappa shape index (κ3) is 3.47. The third-order valence-corrected chi connectivity index (χ3v) is 3.22. The molecule has 1 amide bonds. The second-order valence-electron chi connectivity index (χ2n) is 4.75. The molecule has 1 N–H and O–H groups in total. The fourth-order valence-corrected chi connectivity index (χ4v) is 2.03. The Balaban J connectivity index is 2.09. The summed E-state index contributed by atoms with van der Waals surface area (Å²) in [7, 11) is 1.62. The van der Waals surface area contributed by atoms with Crippen molar-refractivity contribution in [2.45, 2.75) is 26.2 Å². The van der Waals surface area contributed by atoms with Crippen molar-refractivity contribution in [3.8, 4) is 5.75 Å². The number of aromatic nitrogens is 1. The molecular weight excluding hydrogens is 252 g/mol. The van der Waals surface area contributed by atoms with Crippen molar-refractivity contribution < 1.29 is 9.53 Å². The first kappa shape index (κ1) is 14.3. The minimum Gasteiger partial charge on any atom is -0.497 e. The van der Waals surface area contributed by atoms with Crippen LogP contribution in [-0.2, 0) is 0 Å². The highest BCUT2D eigenvalue weighted by atomic mass is 16.5. The molecule has 0 bridgehead atoms.